The first-order valence-corrected chi connectivity index (χ1v) is 7.40. The first-order valence-electron chi connectivity index (χ1n) is 7.40. The molecule has 1 aromatic carbocycles. The van der Waals surface area contributed by atoms with E-state index in [1.54, 1.807) is 5.56 Å². The summed E-state index contributed by atoms with van der Waals surface area (Å²) in [5, 5.41) is 0. The van der Waals surface area contributed by atoms with Crippen LogP contribution >= 0.6 is 0 Å². The Bertz CT molecular complexity index is 379. The Morgan fingerprint density at radius 1 is 0.882 bits per heavy atom. The minimum atomic E-state index is 0.857. The monoisotopic (exact) mass is 228 g/mol. The molecule has 3 unspecified atom stereocenters. The molecule has 0 radical (unpaired) electrons. The van der Waals surface area contributed by atoms with Gasteiger partial charge in [-0.1, -0.05) is 49.9 Å². The van der Waals surface area contributed by atoms with E-state index in [-0.39, 0.29) is 0 Å². The topological polar surface area (TPSA) is 0 Å². The quantitative estimate of drug-likeness (QED) is 0.629. The Kier molecular flexibility index (Phi) is 3.22. The summed E-state index contributed by atoms with van der Waals surface area (Å²) < 4.78 is 0. The first kappa shape index (κ1) is 11.3. The van der Waals surface area contributed by atoms with E-state index >= 15 is 0 Å². The van der Waals surface area contributed by atoms with Crippen molar-refractivity contribution in [3.63, 3.8) is 0 Å². The predicted octanol–water partition coefficient (Wildman–Crippen LogP) is 5.07. The lowest BCUT2D eigenvalue weighted by molar-refractivity contribution is 0.155. The van der Waals surface area contributed by atoms with Crippen LogP contribution in [0.2, 0.25) is 0 Å². The van der Waals surface area contributed by atoms with Gasteiger partial charge in [-0.3, -0.25) is 0 Å². The molecule has 0 aliphatic heterocycles. The van der Waals surface area contributed by atoms with Crippen LogP contribution in [0.4, 0.5) is 0 Å². The molecule has 0 bridgehead atoms. The molecule has 92 valence electrons. The van der Waals surface area contributed by atoms with Gasteiger partial charge in [0.25, 0.3) is 0 Å². The van der Waals surface area contributed by atoms with Crippen LogP contribution in [0.1, 0.15) is 62.0 Å². The summed E-state index contributed by atoms with van der Waals surface area (Å²) in [4.78, 5) is 0. The van der Waals surface area contributed by atoms with E-state index in [1.165, 1.54) is 50.5 Å². The van der Waals surface area contributed by atoms with Gasteiger partial charge in [0.2, 0.25) is 0 Å². The van der Waals surface area contributed by atoms with Crippen LogP contribution in [-0.4, -0.2) is 0 Å². The molecule has 0 heteroatoms. The van der Waals surface area contributed by atoms with Crippen LogP contribution in [0.25, 0.3) is 0 Å². The highest BCUT2D eigenvalue weighted by Gasteiger charge is 2.32. The number of hydrogen-bond donors (Lipinski definition) is 0. The second-order valence-electron chi connectivity index (χ2n) is 6.17. The second kappa shape index (κ2) is 4.84. The number of aryl methyl sites for hydroxylation is 1. The zero-order valence-corrected chi connectivity index (χ0v) is 11.0. The van der Waals surface area contributed by atoms with Gasteiger partial charge >= 0.3 is 0 Å². The number of fused-ring (bicyclic) bond motifs is 1. The van der Waals surface area contributed by atoms with Gasteiger partial charge in [-0.2, -0.15) is 0 Å². The Morgan fingerprint density at radius 2 is 1.65 bits per heavy atom. The summed E-state index contributed by atoms with van der Waals surface area (Å²) in [6.45, 7) is 2.28. The third-order valence-corrected chi connectivity index (χ3v) is 5.17. The van der Waals surface area contributed by atoms with E-state index < -0.39 is 0 Å². The molecular weight excluding hydrogens is 204 g/mol. The van der Waals surface area contributed by atoms with Crippen molar-refractivity contribution in [2.24, 2.45) is 11.8 Å². The van der Waals surface area contributed by atoms with Gasteiger partial charge in [0, 0.05) is 0 Å². The van der Waals surface area contributed by atoms with Crippen LogP contribution < -0.4 is 0 Å². The third-order valence-electron chi connectivity index (χ3n) is 5.17. The smallest absolute Gasteiger partial charge is 0.0156 e. The largest absolute Gasteiger partial charge is 0.0620 e. The lowest BCUT2D eigenvalue weighted by Crippen LogP contribution is -2.27. The fourth-order valence-corrected chi connectivity index (χ4v) is 4.20. The van der Waals surface area contributed by atoms with E-state index in [1.807, 2.05) is 0 Å². The molecule has 2 saturated carbocycles. The maximum Gasteiger partial charge on any atom is -0.0156 e. The zero-order chi connectivity index (χ0) is 11.7. The fraction of sp³-hybridized carbons (Fsp3) is 0.647. The molecule has 3 atom stereocenters. The van der Waals surface area contributed by atoms with Crippen molar-refractivity contribution in [3.05, 3.63) is 35.4 Å². The molecule has 17 heavy (non-hydrogen) atoms. The van der Waals surface area contributed by atoms with E-state index in [0.717, 1.165) is 17.8 Å². The molecule has 3 rings (SSSR count). The van der Waals surface area contributed by atoms with Gasteiger partial charge in [-0.25, -0.2) is 0 Å². The molecule has 0 amide bonds. The van der Waals surface area contributed by atoms with Crippen molar-refractivity contribution in [2.45, 2.75) is 57.8 Å². The van der Waals surface area contributed by atoms with E-state index in [2.05, 4.69) is 31.2 Å². The normalized spacial score (nSPS) is 33.1. The Balaban J connectivity index is 1.76. The molecule has 0 heterocycles. The van der Waals surface area contributed by atoms with Crippen molar-refractivity contribution < 1.29 is 0 Å². The molecule has 2 aliphatic carbocycles. The van der Waals surface area contributed by atoms with E-state index in [9.17, 15) is 0 Å². The van der Waals surface area contributed by atoms with Gasteiger partial charge in [0.15, 0.2) is 0 Å². The molecular formula is C17H24. The average molecular weight is 228 g/mol. The summed E-state index contributed by atoms with van der Waals surface area (Å²) in [7, 11) is 0. The number of rotatable bonds is 1. The Morgan fingerprint density at radius 3 is 2.47 bits per heavy atom. The summed E-state index contributed by atoms with van der Waals surface area (Å²) in [5.74, 6) is 2.97. The van der Waals surface area contributed by atoms with Crippen molar-refractivity contribution in [2.75, 3.05) is 0 Å². The molecule has 1 aromatic rings. The summed E-state index contributed by atoms with van der Waals surface area (Å²) in [6, 6.07) is 9.03. The summed E-state index contributed by atoms with van der Waals surface area (Å²) >= 11 is 0. The van der Waals surface area contributed by atoms with E-state index in [0.29, 0.717) is 0 Å². The van der Waals surface area contributed by atoms with Gasteiger partial charge in [-0.05, 0) is 55.1 Å². The average Bonchev–Trinajstić information content (AvgIpc) is 2.39. The maximum atomic E-state index is 2.36. The zero-order valence-electron chi connectivity index (χ0n) is 11.0. The SMILES string of the molecule is Cc1ccccc1C1CCC2CCCCC2C1. The van der Waals surface area contributed by atoms with Crippen LogP contribution in [0.5, 0.6) is 0 Å². The highest BCUT2D eigenvalue weighted by Crippen LogP contribution is 2.46. The highest BCUT2D eigenvalue weighted by atomic mass is 14.4. The third kappa shape index (κ3) is 2.27. The molecule has 2 fully saturated rings. The minimum absolute atomic E-state index is 0.857. The van der Waals surface area contributed by atoms with Gasteiger partial charge in [-0.15, -0.1) is 0 Å². The van der Waals surface area contributed by atoms with Crippen molar-refractivity contribution >= 4 is 0 Å². The molecule has 0 nitrogen and oxygen atoms in total. The van der Waals surface area contributed by atoms with Gasteiger partial charge < -0.3 is 0 Å². The van der Waals surface area contributed by atoms with Crippen LogP contribution in [0.15, 0.2) is 24.3 Å². The van der Waals surface area contributed by atoms with Crippen molar-refractivity contribution in [3.8, 4) is 0 Å². The lowest BCUT2D eigenvalue weighted by atomic mass is 9.66. The first-order chi connectivity index (χ1) is 8.34. The van der Waals surface area contributed by atoms with Crippen molar-refractivity contribution in [1.82, 2.24) is 0 Å². The fourth-order valence-electron chi connectivity index (χ4n) is 4.20. The second-order valence-corrected chi connectivity index (χ2v) is 6.17. The highest BCUT2D eigenvalue weighted by molar-refractivity contribution is 5.29. The minimum Gasteiger partial charge on any atom is -0.0620 e. The number of benzene rings is 1. The Labute approximate surface area is 105 Å². The van der Waals surface area contributed by atoms with Crippen LogP contribution in [0, 0.1) is 18.8 Å². The van der Waals surface area contributed by atoms with Crippen LogP contribution in [0.3, 0.4) is 0 Å². The molecule has 0 spiro atoms. The van der Waals surface area contributed by atoms with Gasteiger partial charge in [0.1, 0.15) is 0 Å². The van der Waals surface area contributed by atoms with Gasteiger partial charge in [0.05, 0.1) is 0 Å². The molecule has 0 aromatic heterocycles. The standard InChI is InChI=1S/C17H24/c1-13-6-2-5-9-17(13)16-11-10-14-7-3-4-8-15(14)12-16/h2,5-6,9,14-16H,3-4,7-8,10-12H2,1H3. The maximum absolute atomic E-state index is 2.36. The van der Waals surface area contributed by atoms with Crippen molar-refractivity contribution in [1.29, 1.82) is 0 Å². The summed E-state index contributed by atoms with van der Waals surface area (Å²) in [5.41, 5.74) is 3.14. The Hall–Kier alpha value is -0.780. The molecule has 2 aliphatic rings. The van der Waals surface area contributed by atoms with Crippen LogP contribution in [-0.2, 0) is 0 Å². The van der Waals surface area contributed by atoms with E-state index in [4.69, 9.17) is 0 Å². The number of hydrogen-bond acceptors (Lipinski definition) is 0. The lowest BCUT2D eigenvalue weighted by Gasteiger charge is -2.39. The molecule has 0 saturated heterocycles. The molecule has 0 N–H and O–H groups in total. The summed E-state index contributed by atoms with van der Waals surface area (Å²) in [6.07, 6.45) is 10.4. The predicted molar refractivity (Wildman–Crippen MR) is 73.2 cm³/mol.